The van der Waals surface area contributed by atoms with E-state index < -0.39 is 0 Å². The first-order valence-corrected chi connectivity index (χ1v) is 5.45. The molecule has 13 heavy (non-hydrogen) atoms. The molecule has 0 atom stereocenters. The minimum atomic E-state index is 0.115. The van der Waals surface area contributed by atoms with Gasteiger partial charge in [-0.25, -0.2) is 0 Å². The standard InChI is InChI=1S/C10H14NOS/c1-2-3-4-6-9(12)11-10-7-5-8-13-10/h7-8H,2-4,6H2,1H3,(H,11,12). The largest absolute Gasteiger partial charge is 0.318 e. The summed E-state index contributed by atoms with van der Waals surface area (Å²) in [5, 5.41) is 5.55. The van der Waals surface area contributed by atoms with Crippen LogP contribution in [0.2, 0.25) is 0 Å². The zero-order valence-corrected chi connectivity index (χ0v) is 8.62. The first-order valence-electron chi connectivity index (χ1n) is 4.57. The van der Waals surface area contributed by atoms with E-state index in [2.05, 4.69) is 18.3 Å². The zero-order chi connectivity index (χ0) is 9.52. The zero-order valence-electron chi connectivity index (χ0n) is 7.80. The smallest absolute Gasteiger partial charge is 0.224 e. The molecule has 0 saturated heterocycles. The molecule has 0 aliphatic heterocycles. The lowest BCUT2D eigenvalue weighted by atomic mass is 10.2. The van der Waals surface area contributed by atoms with Gasteiger partial charge in [-0.15, -0.1) is 11.3 Å². The molecule has 2 nitrogen and oxygen atoms in total. The summed E-state index contributed by atoms with van der Waals surface area (Å²) >= 11 is 1.50. The van der Waals surface area contributed by atoms with Gasteiger partial charge in [0.05, 0.1) is 5.00 Å². The van der Waals surface area contributed by atoms with E-state index in [4.69, 9.17) is 0 Å². The lowest BCUT2D eigenvalue weighted by Crippen LogP contribution is -2.09. The number of anilines is 1. The Hall–Kier alpha value is -0.830. The van der Waals surface area contributed by atoms with Crippen LogP contribution in [0.3, 0.4) is 0 Å². The van der Waals surface area contributed by atoms with Crippen LogP contribution in [-0.2, 0) is 4.79 Å². The highest BCUT2D eigenvalue weighted by Gasteiger charge is 2.01. The van der Waals surface area contributed by atoms with Crippen LogP contribution in [0.25, 0.3) is 0 Å². The Morgan fingerprint density at radius 2 is 2.46 bits per heavy atom. The highest BCUT2D eigenvalue weighted by Crippen LogP contribution is 2.14. The summed E-state index contributed by atoms with van der Waals surface area (Å²) in [5.74, 6) is 0.115. The fraction of sp³-hybridized carbons (Fsp3) is 0.500. The molecule has 0 bridgehead atoms. The molecule has 1 heterocycles. The molecule has 0 spiro atoms. The Labute approximate surface area is 83.0 Å². The predicted octanol–water partition coefficient (Wildman–Crippen LogP) is 3.07. The maximum Gasteiger partial charge on any atom is 0.224 e. The van der Waals surface area contributed by atoms with E-state index in [1.165, 1.54) is 11.3 Å². The van der Waals surface area contributed by atoms with Crippen molar-refractivity contribution in [1.82, 2.24) is 0 Å². The van der Waals surface area contributed by atoms with Crippen LogP contribution in [0, 0.1) is 6.07 Å². The minimum Gasteiger partial charge on any atom is -0.318 e. The third-order valence-corrected chi connectivity index (χ3v) is 2.47. The number of hydrogen-bond donors (Lipinski definition) is 1. The van der Waals surface area contributed by atoms with Crippen molar-refractivity contribution in [3.05, 3.63) is 17.5 Å². The van der Waals surface area contributed by atoms with Crippen molar-refractivity contribution in [1.29, 1.82) is 0 Å². The lowest BCUT2D eigenvalue weighted by Gasteiger charge is -2.00. The molecule has 1 aromatic heterocycles. The Balaban J connectivity index is 2.18. The van der Waals surface area contributed by atoms with E-state index >= 15 is 0 Å². The second kappa shape index (κ2) is 5.75. The van der Waals surface area contributed by atoms with Crippen molar-refractivity contribution in [2.45, 2.75) is 32.6 Å². The number of rotatable bonds is 5. The van der Waals surface area contributed by atoms with Crippen LogP contribution in [0.4, 0.5) is 5.00 Å². The summed E-state index contributed by atoms with van der Waals surface area (Å²) < 4.78 is 0. The maximum atomic E-state index is 11.3. The van der Waals surface area contributed by atoms with Crippen LogP contribution in [0.15, 0.2) is 11.4 Å². The quantitative estimate of drug-likeness (QED) is 0.720. The lowest BCUT2D eigenvalue weighted by molar-refractivity contribution is -0.116. The normalized spacial score (nSPS) is 9.92. The number of amides is 1. The maximum absolute atomic E-state index is 11.3. The van der Waals surface area contributed by atoms with Gasteiger partial charge in [0.15, 0.2) is 0 Å². The van der Waals surface area contributed by atoms with E-state index in [0.717, 1.165) is 24.3 Å². The number of hydrogen-bond acceptors (Lipinski definition) is 2. The highest BCUT2D eigenvalue weighted by molar-refractivity contribution is 7.14. The first-order chi connectivity index (χ1) is 6.33. The Morgan fingerprint density at radius 3 is 3.08 bits per heavy atom. The van der Waals surface area contributed by atoms with Crippen molar-refractivity contribution in [3.63, 3.8) is 0 Å². The van der Waals surface area contributed by atoms with Crippen molar-refractivity contribution in [2.75, 3.05) is 5.32 Å². The minimum absolute atomic E-state index is 0.115. The molecule has 1 radical (unpaired) electrons. The number of thiophene rings is 1. The van der Waals surface area contributed by atoms with Crippen LogP contribution in [-0.4, -0.2) is 5.91 Å². The third-order valence-electron chi connectivity index (χ3n) is 1.74. The van der Waals surface area contributed by atoms with Crippen LogP contribution >= 0.6 is 11.3 Å². The van der Waals surface area contributed by atoms with Crippen molar-refractivity contribution in [3.8, 4) is 0 Å². The molecule has 0 aliphatic rings. The van der Waals surface area contributed by atoms with Crippen LogP contribution < -0.4 is 5.32 Å². The van der Waals surface area contributed by atoms with Crippen molar-refractivity contribution in [2.24, 2.45) is 0 Å². The van der Waals surface area contributed by atoms with E-state index in [1.54, 1.807) is 6.07 Å². The fourth-order valence-electron chi connectivity index (χ4n) is 1.04. The highest BCUT2D eigenvalue weighted by atomic mass is 32.1. The molecule has 1 rings (SSSR count). The van der Waals surface area contributed by atoms with Gasteiger partial charge < -0.3 is 5.32 Å². The molecule has 3 heteroatoms. The second-order valence-electron chi connectivity index (χ2n) is 2.92. The summed E-state index contributed by atoms with van der Waals surface area (Å²) in [7, 11) is 0. The molecule has 1 amide bonds. The molecular formula is C10H14NOS. The van der Waals surface area contributed by atoms with Gasteiger partial charge in [0.25, 0.3) is 0 Å². The number of nitrogens with one attached hydrogen (secondary N) is 1. The Kier molecular flexibility index (Phi) is 4.54. The Bertz CT molecular complexity index is 243. The van der Waals surface area contributed by atoms with Gasteiger partial charge in [0.1, 0.15) is 0 Å². The van der Waals surface area contributed by atoms with Crippen molar-refractivity contribution >= 4 is 22.2 Å². The number of carbonyl (C=O) groups excluding carboxylic acids is 1. The SMILES string of the molecule is CCCCCC(=O)Nc1c[c]cs1. The molecule has 0 aromatic carbocycles. The number of carbonyl (C=O) groups is 1. The topological polar surface area (TPSA) is 29.1 Å². The average molecular weight is 196 g/mol. The molecule has 1 aromatic rings. The van der Waals surface area contributed by atoms with Gasteiger partial charge in [0, 0.05) is 11.8 Å². The van der Waals surface area contributed by atoms with Crippen molar-refractivity contribution < 1.29 is 4.79 Å². The summed E-state index contributed by atoms with van der Waals surface area (Å²) in [6, 6.07) is 4.70. The second-order valence-corrected chi connectivity index (χ2v) is 3.83. The van der Waals surface area contributed by atoms with E-state index in [-0.39, 0.29) is 5.91 Å². The van der Waals surface area contributed by atoms with Gasteiger partial charge >= 0.3 is 0 Å². The van der Waals surface area contributed by atoms with Crippen LogP contribution in [0.1, 0.15) is 32.6 Å². The summed E-state index contributed by atoms with van der Waals surface area (Å²) in [6.45, 7) is 2.13. The fourth-order valence-corrected chi connectivity index (χ4v) is 1.61. The third kappa shape index (κ3) is 4.08. The molecule has 0 unspecified atom stereocenters. The number of unbranched alkanes of at least 4 members (excludes halogenated alkanes) is 2. The molecule has 0 aliphatic carbocycles. The first kappa shape index (κ1) is 10.3. The van der Waals surface area contributed by atoms with Gasteiger partial charge in [-0.05, 0) is 18.6 Å². The monoisotopic (exact) mass is 196 g/mol. The molecular weight excluding hydrogens is 182 g/mol. The molecule has 0 fully saturated rings. The molecule has 71 valence electrons. The summed E-state index contributed by atoms with van der Waals surface area (Å²) in [4.78, 5) is 11.3. The van der Waals surface area contributed by atoms with Gasteiger partial charge in [-0.2, -0.15) is 0 Å². The van der Waals surface area contributed by atoms with E-state index in [9.17, 15) is 4.79 Å². The van der Waals surface area contributed by atoms with Gasteiger partial charge in [-0.3, -0.25) is 4.79 Å². The van der Waals surface area contributed by atoms with Gasteiger partial charge in [0.2, 0.25) is 5.91 Å². The summed E-state index contributed by atoms with van der Waals surface area (Å²) in [5.41, 5.74) is 0. The van der Waals surface area contributed by atoms with Crippen LogP contribution in [0.5, 0.6) is 0 Å². The Morgan fingerprint density at radius 1 is 1.62 bits per heavy atom. The van der Waals surface area contributed by atoms with Gasteiger partial charge in [-0.1, -0.05) is 19.8 Å². The van der Waals surface area contributed by atoms with E-state index in [1.807, 2.05) is 5.38 Å². The van der Waals surface area contributed by atoms with E-state index in [0.29, 0.717) is 6.42 Å². The average Bonchev–Trinajstić information content (AvgIpc) is 2.57. The predicted molar refractivity (Wildman–Crippen MR) is 55.9 cm³/mol. The molecule has 1 N–H and O–H groups in total. The molecule has 0 saturated carbocycles. The summed E-state index contributed by atoms with van der Waals surface area (Å²) in [6.07, 6.45) is 3.90.